The van der Waals surface area contributed by atoms with Gasteiger partial charge in [-0.05, 0) is 38.1 Å². The lowest BCUT2D eigenvalue weighted by Crippen LogP contribution is -2.41. The van der Waals surface area contributed by atoms with Crippen molar-refractivity contribution in [3.05, 3.63) is 35.6 Å². The average molecular weight is 263 g/mol. The van der Waals surface area contributed by atoms with E-state index in [9.17, 15) is 4.39 Å². The number of nitrogens with two attached hydrogens (primary N) is 1. The van der Waals surface area contributed by atoms with Crippen LogP contribution in [0.25, 0.3) is 0 Å². The second-order valence-electron chi connectivity index (χ2n) is 4.97. The highest BCUT2D eigenvalue weighted by Gasteiger charge is 2.24. The van der Waals surface area contributed by atoms with E-state index in [1.165, 1.54) is 12.1 Å². The molecule has 0 fully saturated rings. The van der Waals surface area contributed by atoms with Gasteiger partial charge in [0.25, 0.3) is 0 Å². The highest BCUT2D eigenvalue weighted by molar-refractivity contribution is 5.21. The molecule has 0 saturated heterocycles. The third kappa shape index (κ3) is 4.30. The molecule has 3 unspecified atom stereocenters. The van der Waals surface area contributed by atoms with Crippen LogP contribution in [0.2, 0.25) is 0 Å². The van der Waals surface area contributed by atoms with E-state index in [0.29, 0.717) is 6.54 Å². The lowest BCUT2D eigenvalue weighted by atomic mass is 9.98. The largest absolute Gasteiger partial charge is 0.326 e. The Morgan fingerprint density at radius 2 is 1.89 bits per heavy atom. The van der Waals surface area contributed by atoms with Crippen molar-refractivity contribution in [3.63, 3.8) is 0 Å². The molecule has 0 bridgehead atoms. The summed E-state index contributed by atoms with van der Waals surface area (Å²) >= 11 is 0. The summed E-state index contributed by atoms with van der Waals surface area (Å²) in [4.78, 5) is 2.17. The van der Waals surface area contributed by atoms with Crippen molar-refractivity contribution in [1.82, 2.24) is 4.90 Å². The van der Waals surface area contributed by atoms with Crippen molar-refractivity contribution in [3.8, 4) is 6.07 Å². The third-order valence-electron chi connectivity index (χ3n) is 3.24. The predicted molar refractivity (Wildman–Crippen MR) is 74.8 cm³/mol. The number of nitrogens with zero attached hydrogens (tertiary/aromatic N) is 2. The topological polar surface area (TPSA) is 53.0 Å². The fraction of sp³-hybridized carbons (Fsp3) is 0.533. The van der Waals surface area contributed by atoms with Gasteiger partial charge in [0.1, 0.15) is 5.82 Å². The van der Waals surface area contributed by atoms with Crippen LogP contribution in [-0.4, -0.2) is 24.0 Å². The van der Waals surface area contributed by atoms with Gasteiger partial charge in [0.05, 0.1) is 12.0 Å². The third-order valence-corrected chi connectivity index (χ3v) is 3.24. The fourth-order valence-corrected chi connectivity index (χ4v) is 2.34. The zero-order valence-corrected chi connectivity index (χ0v) is 11.8. The number of rotatable bonds is 6. The van der Waals surface area contributed by atoms with Gasteiger partial charge in [-0.15, -0.1) is 0 Å². The second-order valence-corrected chi connectivity index (χ2v) is 4.97. The molecule has 3 nitrogen and oxygen atoms in total. The minimum atomic E-state index is -0.249. The van der Waals surface area contributed by atoms with E-state index >= 15 is 0 Å². The van der Waals surface area contributed by atoms with Gasteiger partial charge in [-0.25, -0.2) is 4.39 Å². The summed E-state index contributed by atoms with van der Waals surface area (Å²) in [7, 11) is 0. The molecule has 0 heterocycles. The molecule has 1 aromatic rings. The van der Waals surface area contributed by atoms with E-state index in [2.05, 4.69) is 11.0 Å². The summed E-state index contributed by atoms with van der Waals surface area (Å²) in [5, 5.41) is 8.95. The summed E-state index contributed by atoms with van der Waals surface area (Å²) in [6.07, 6.45) is 0. The number of nitriles is 1. The Morgan fingerprint density at radius 3 is 2.32 bits per heavy atom. The summed E-state index contributed by atoms with van der Waals surface area (Å²) in [5.74, 6) is -0.303. The van der Waals surface area contributed by atoms with Crippen LogP contribution in [0.5, 0.6) is 0 Å². The smallest absolute Gasteiger partial charge is 0.123 e. The molecule has 1 rings (SSSR count). The molecule has 0 spiro atoms. The van der Waals surface area contributed by atoms with E-state index in [4.69, 9.17) is 11.0 Å². The molecule has 1 aromatic carbocycles. The SMILES string of the molecule is CCN(CC(C)C#N)C(c1ccc(F)cc1)C(C)N. The summed E-state index contributed by atoms with van der Waals surface area (Å²) < 4.78 is 13.0. The van der Waals surface area contributed by atoms with Gasteiger partial charge < -0.3 is 5.73 Å². The summed E-state index contributed by atoms with van der Waals surface area (Å²) in [6.45, 7) is 7.34. The van der Waals surface area contributed by atoms with E-state index in [0.717, 1.165) is 12.1 Å². The van der Waals surface area contributed by atoms with Gasteiger partial charge >= 0.3 is 0 Å². The first-order valence-electron chi connectivity index (χ1n) is 6.64. The molecule has 0 aliphatic heterocycles. The standard InChI is InChI=1S/C15H22FN3/c1-4-19(10-11(2)9-17)15(12(3)18)13-5-7-14(16)8-6-13/h5-8,11-12,15H,4,10,18H2,1-3H3. The van der Waals surface area contributed by atoms with Gasteiger partial charge in [0.15, 0.2) is 0 Å². The fourth-order valence-electron chi connectivity index (χ4n) is 2.34. The van der Waals surface area contributed by atoms with Gasteiger partial charge in [-0.1, -0.05) is 19.1 Å². The van der Waals surface area contributed by atoms with Crippen molar-refractivity contribution in [2.75, 3.05) is 13.1 Å². The summed E-state index contributed by atoms with van der Waals surface area (Å²) in [5.41, 5.74) is 7.07. The zero-order chi connectivity index (χ0) is 14.4. The van der Waals surface area contributed by atoms with Crippen LogP contribution in [0.1, 0.15) is 32.4 Å². The maximum absolute atomic E-state index is 13.0. The van der Waals surface area contributed by atoms with Crippen LogP contribution in [0.3, 0.4) is 0 Å². The van der Waals surface area contributed by atoms with Gasteiger partial charge in [-0.3, -0.25) is 4.90 Å². The van der Waals surface area contributed by atoms with Crippen molar-refractivity contribution in [2.45, 2.75) is 32.9 Å². The molecule has 19 heavy (non-hydrogen) atoms. The molecular weight excluding hydrogens is 241 g/mol. The van der Waals surface area contributed by atoms with E-state index < -0.39 is 0 Å². The number of likely N-dealkylation sites (N-methyl/N-ethyl adjacent to an activating group) is 1. The number of benzene rings is 1. The molecule has 0 aromatic heterocycles. The minimum absolute atomic E-state index is 0.00130. The first-order chi connectivity index (χ1) is 8.99. The quantitative estimate of drug-likeness (QED) is 0.858. The molecule has 104 valence electrons. The first kappa shape index (κ1) is 15.6. The predicted octanol–water partition coefficient (Wildman–Crippen LogP) is 2.70. The normalized spacial score (nSPS) is 15.8. The number of halogens is 1. The highest BCUT2D eigenvalue weighted by atomic mass is 19.1. The van der Waals surface area contributed by atoms with Gasteiger partial charge in [-0.2, -0.15) is 5.26 Å². The Hall–Kier alpha value is -1.44. The highest BCUT2D eigenvalue weighted by Crippen LogP contribution is 2.24. The molecular formula is C15H22FN3. The van der Waals surface area contributed by atoms with Crippen LogP contribution >= 0.6 is 0 Å². The zero-order valence-electron chi connectivity index (χ0n) is 11.8. The first-order valence-corrected chi connectivity index (χ1v) is 6.64. The Kier molecular flexibility index (Phi) is 5.94. The Morgan fingerprint density at radius 1 is 1.32 bits per heavy atom. The van der Waals surface area contributed by atoms with Crippen molar-refractivity contribution in [1.29, 1.82) is 5.26 Å². The van der Waals surface area contributed by atoms with Crippen LogP contribution in [0.4, 0.5) is 4.39 Å². The molecule has 0 radical (unpaired) electrons. The van der Waals surface area contributed by atoms with Crippen LogP contribution in [-0.2, 0) is 0 Å². The minimum Gasteiger partial charge on any atom is -0.326 e. The monoisotopic (exact) mass is 263 g/mol. The van der Waals surface area contributed by atoms with E-state index in [1.807, 2.05) is 20.8 Å². The van der Waals surface area contributed by atoms with E-state index in [-0.39, 0.29) is 23.8 Å². The van der Waals surface area contributed by atoms with Crippen LogP contribution < -0.4 is 5.73 Å². The molecule has 4 heteroatoms. The molecule has 0 aliphatic carbocycles. The molecule has 2 N–H and O–H groups in total. The summed E-state index contributed by atoms with van der Waals surface area (Å²) in [6, 6.07) is 8.59. The van der Waals surface area contributed by atoms with Gasteiger partial charge in [0.2, 0.25) is 0 Å². The number of hydrogen-bond donors (Lipinski definition) is 1. The molecule has 3 atom stereocenters. The number of hydrogen-bond acceptors (Lipinski definition) is 3. The lowest BCUT2D eigenvalue weighted by Gasteiger charge is -2.34. The van der Waals surface area contributed by atoms with E-state index in [1.54, 1.807) is 12.1 Å². The maximum Gasteiger partial charge on any atom is 0.123 e. The van der Waals surface area contributed by atoms with Crippen LogP contribution in [0.15, 0.2) is 24.3 Å². The molecule has 0 saturated carbocycles. The molecule has 0 amide bonds. The lowest BCUT2D eigenvalue weighted by molar-refractivity contribution is 0.173. The van der Waals surface area contributed by atoms with Crippen molar-refractivity contribution >= 4 is 0 Å². The van der Waals surface area contributed by atoms with Crippen molar-refractivity contribution in [2.24, 2.45) is 11.7 Å². The second kappa shape index (κ2) is 7.22. The molecule has 0 aliphatic rings. The Labute approximate surface area is 114 Å². The van der Waals surface area contributed by atoms with Crippen LogP contribution in [0, 0.1) is 23.1 Å². The van der Waals surface area contributed by atoms with Crippen molar-refractivity contribution < 1.29 is 4.39 Å². The Bertz CT molecular complexity index is 422. The van der Waals surface area contributed by atoms with Gasteiger partial charge in [0, 0.05) is 18.6 Å². The average Bonchev–Trinajstić information content (AvgIpc) is 2.39. The Balaban J connectivity index is 2.98. The maximum atomic E-state index is 13.0.